The number of nitriles is 1. The van der Waals surface area contributed by atoms with Gasteiger partial charge >= 0.3 is 6.03 Å². The molecule has 1 aromatic carbocycles. The molecule has 9 heteroatoms. The third kappa shape index (κ3) is 5.61. The molecule has 0 aliphatic carbocycles. The van der Waals surface area contributed by atoms with E-state index in [-0.39, 0.29) is 12.1 Å². The highest BCUT2D eigenvalue weighted by Crippen LogP contribution is 2.34. The van der Waals surface area contributed by atoms with Crippen LogP contribution in [0.2, 0.25) is 0 Å². The van der Waals surface area contributed by atoms with E-state index in [1.165, 1.54) is 5.57 Å². The largest absolute Gasteiger partial charge is 0.489 e. The predicted molar refractivity (Wildman–Crippen MR) is 140 cm³/mol. The third-order valence-corrected chi connectivity index (χ3v) is 6.85. The van der Waals surface area contributed by atoms with Crippen LogP contribution in [0, 0.1) is 11.3 Å². The van der Waals surface area contributed by atoms with E-state index in [1.54, 1.807) is 12.0 Å². The predicted octanol–water partition coefficient (Wildman–Crippen LogP) is 4.10. The molecule has 0 spiro atoms. The maximum Gasteiger partial charge on any atom is 0.317 e. The van der Waals surface area contributed by atoms with Gasteiger partial charge in [-0.1, -0.05) is 12.1 Å². The van der Waals surface area contributed by atoms with Crippen LogP contribution in [0.25, 0.3) is 27.7 Å². The first-order valence-corrected chi connectivity index (χ1v) is 12.6. The van der Waals surface area contributed by atoms with E-state index >= 15 is 0 Å². The Morgan fingerprint density at radius 3 is 2.92 bits per heavy atom. The van der Waals surface area contributed by atoms with Crippen molar-refractivity contribution < 1.29 is 19.0 Å². The topological polar surface area (TPSA) is 112 Å². The maximum atomic E-state index is 12.3. The summed E-state index contributed by atoms with van der Waals surface area (Å²) in [5.41, 5.74) is 5.41. The molecule has 4 heterocycles. The summed E-state index contributed by atoms with van der Waals surface area (Å²) in [7, 11) is 1.61. The number of nitrogens with zero attached hydrogens (tertiary/aromatic N) is 3. The van der Waals surface area contributed by atoms with Crippen molar-refractivity contribution in [3.05, 3.63) is 53.9 Å². The lowest BCUT2D eigenvalue weighted by Crippen LogP contribution is -2.43. The number of nitrogens with one attached hydrogen (secondary N) is 2. The van der Waals surface area contributed by atoms with Crippen LogP contribution in [0.1, 0.15) is 30.4 Å². The Balaban J connectivity index is 1.35. The van der Waals surface area contributed by atoms with Crippen LogP contribution in [-0.4, -0.2) is 73.6 Å². The monoisotopic (exact) mass is 501 g/mol. The molecule has 0 radical (unpaired) electrons. The van der Waals surface area contributed by atoms with Crippen molar-refractivity contribution in [3.63, 3.8) is 0 Å². The number of rotatable bonds is 7. The number of amides is 2. The van der Waals surface area contributed by atoms with Crippen molar-refractivity contribution >= 4 is 22.6 Å². The SMILES string of the molecule is COCCNC(=O)N1CC=C(c2cnc3[nH]cc(-c4ccc(OC5CCOCC5)c(C#N)c4)c3c2)CC1. The second kappa shape index (κ2) is 11.5. The minimum absolute atomic E-state index is 0.0719. The summed E-state index contributed by atoms with van der Waals surface area (Å²) in [4.78, 5) is 22.0. The molecule has 0 unspecified atom stereocenters. The summed E-state index contributed by atoms with van der Waals surface area (Å²) in [5, 5.41) is 13.7. The van der Waals surface area contributed by atoms with Crippen LogP contribution >= 0.6 is 0 Å². The Morgan fingerprint density at radius 1 is 1.30 bits per heavy atom. The number of aromatic amines is 1. The van der Waals surface area contributed by atoms with Crippen LogP contribution in [0.15, 0.2) is 42.7 Å². The lowest BCUT2D eigenvalue weighted by Gasteiger charge is -2.26. The summed E-state index contributed by atoms with van der Waals surface area (Å²) in [6, 6.07) is 10.1. The van der Waals surface area contributed by atoms with Gasteiger partial charge in [-0.25, -0.2) is 9.78 Å². The second-order valence-corrected chi connectivity index (χ2v) is 9.22. The van der Waals surface area contributed by atoms with Gasteiger partial charge in [0.25, 0.3) is 0 Å². The van der Waals surface area contributed by atoms with Gasteiger partial charge < -0.3 is 29.4 Å². The zero-order chi connectivity index (χ0) is 25.6. The Hall–Kier alpha value is -3.87. The molecule has 1 fully saturated rings. The Labute approximate surface area is 216 Å². The Bertz CT molecular complexity index is 1340. The number of H-pyrrole nitrogens is 1. The molecule has 2 aliphatic heterocycles. The van der Waals surface area contributed by atoms with Crippen LogP contribution in [0.4, 0.5) is 4.79 Å². The van der Waals surface area contributed by atoms with E-state index in [0.29, 0.717) is 50.8 Å². The highest BCUT2D eigenvalue weighted by Gasteiger charge is 2.20. The fourth-order valence-electron chi connectivity index (χ4n) is 4.77. The number of urea groups is 1. The second-order valence-electron chi connectivity index (χ2n) is 9.22. The van der Waals surface area contributed by atoms with Gasteiger partial charge in [0.2, 0.25) is 0 Å². The Morgan fingerprint density at radius 2 is 2.16 bits per heavy atom. The number of pyridine rings is 1. The number of hydrogen-bond donors (Lipinski definition) is 2. The molecule has 2 aromatic heterocycles. The first-order valence-electron chi connectivity index (χ1n) is 12.6. The van der Waals surface area contributed by atoms with Crippen LogP contribution in [0.3, 0.4) is 0 Å². The number of fused-ring (bicyclic) bond motifs is 1. The number of methoxy groups -OCH3 is 1. The zero-order valence-electron chi connectivity index (χ0n) is 21.0. The average Bonchev–Trinajstić information content (AvgIpc) is 3.37. The first kappa shape index (κ1) is 24.8. The molecular weight excluding hydrogens is 470 g/mol. The number of hydrogen-bond acceptors (Lipinski definition) is 6. The smallest absolute Gasteiger partial charge is 0.317 e. The van der Waals surface area contributed by atoms with E-state index < -0.39 is 0 Å². The van der Waals surface area contributed by atoms with Crippen molar-refractivity contribution in [1.29, 1.82) is 5.26 Å². The quantitative estimate of drug-likeness (QED) is 0.471. The van der Waals surface area contributed by atoms with Crippen LogP contribution < -0.4 is 10.1 Å². The number of carbonyl (C=O) groups excluding carboxylic acids is 1. The number of ether oxygens (including phenoxy) is 3. The summed E-state index contributed by atoms with van der Waals surface area (Å²) in [5.74, 6) is 0.611. The normalized spacial score (nSPS) is 16.3. The molecule has 37 heavy (non-hydrogen) atoms. The average molecular weight is 502 g/mol. The molecule has 2 aliphatic rings. The third-order valence-electron chi connectivity index (χ3n) is 6.85. The van der Waals surface area contributed by atoms with E-state index in [0.717, 1.165) is 47.0 Å². The highest BCUT2D eigenvalue weighted by molar-refractivity contribution is 5.95. The molecule has 5 rings (SSSR count). The molecule has 0 saturated carbocycles. The summed E-state index contributed by atoms with van der Waals surface area (Å²) in [6.45, 7) is 3.55. The van der Waals surface area contributed by atoms with E-state index in [2.05, 4.69) is 33.5 Å². The summed E-state index contributed by atoms with van der Waals surface area (Å²) >= 11 is 0. The van der Waals surface area contributed by atoms with Gasteiger partial charge in [0.15, 0.2) is 0 Å². The molecular formula is C28H31N5O4. The van der Waals surface area contributed by atoms with E-state index in [1.807, 2.05) is 30.6 Å². The van der Waals surface area contributed by atoms with Crippen molar-refractivity contribution in [2.24, 2.45) is 0 Å². The molecule has 9 nitrogen and oxygen atoms in total. The van der Waals surface area contributed by atoms with Gasteiger partial charge in [-0.2, -0.15) is 5.26 Å². The molecule has 2 N–H and O–H groups in total. The standard InChI is InChI=1S/C28H31N5O4/c1-35-13-8-30-28(34)33-9-4-19(5-10-33)22-15-24-25(18-32-27(24)31-17-22)20-2-3-26(21(14-20)16-29)37-23-6-11-36-12-7-23/h2-4,14-15,17-18,23H,5-13H2,1H3,(H,30,34)(H,31,32). The fourth-order valence-corrected chi connectivity index (χ4v) is 4.77. The molecule has 1 saturated heterocycles. The minimum Gasteiger partial charge on any atom is -0.489 e. The number of aromatic nitrogens is 2. The summed E-state index contributed by atoms with van der Waals surface area (Å²) in [6.07, 6.45) is 8.37. The summed E-state index contributed by atoms with van der Waals surface area (Å²) < 4.78 is 16.5. The van der Waals surface area contributed by atoms with Gasteiger partial charge in [-0.3, -0.25) is 0 Å². The van der Waals surface area contributed by atoms with Gasteiger partial charge in [0.05, 0.1) is 25.4 Å². The van der Waals surface area contributed by atoms with Crippen molar-refractivity contribution in [1.82, 2.24) is 20.2 Å². The maximum absolute atomic E-state index is 12.3. The van der Waals surface area contributed by atoms with Crippen molar-refractivity contribution in [2.75, 3.05) is 46.6 Å². The van der Waals surface area contributed by atoms with Crippen molar-refractivity contribution in [3.8, 4) is 22.9 Å². The van der Waals surface area contributed by atoms with Gasteiger partial charge in [-0.05, 0) is 41.3 Å². The van der Waals surface area contributed by atoms with Gasteiger partial charge in [0, 0.05) is 62.9 Å². The van der Waals surface area contributed by atoms with Gasteiger partial charge in [-0.15, -0.1) is 0 Å². The minimum atomic E-state index is -0.0774. The Kier molecular flexibility index (Phi) is 7.68. The van der Waals surface area contributed by atoms with Crippen molar-refractivity contribution in [2.45, 2.75) is 25.4 Å². The van der Waals surface area contributed by atoms with E-state index in [4.69, 9.17) is 14.2 Å². The molecule has 3 aromatic rings. The van der Waals surface area contributed by atoms with E-state index in [9.17, 15) is 10.1 Å². The van der Waals surface area contributed by atoms with Crippen LogP contribution in [0.5, 0.6) is 5.75 Å². The molecule has 0 atom stereocenters. The first-order chi connectivity index (χ1) is 18.2. The highest BCUT2D eigenvalue weighted by atomic mass is 16.5. The van der Waals surface area contributed by atoms with Crippen LogP contribution in [-0.2, 0) is 9.47 Å². The molecule has 0 bridgehead atoms. The number of benzene rings is 1. The lowest BCUT2D eigenvalue weighted by molar-refractivity contribution is 0.0254. The number of carbonyl (C=O) groups is 1. The lowest BCUT2D eigenvalue weighted by atomic mass is 9.98. The fraction of sp³-hybridized carbons (Fsp3) is 0.393. The molecule has 2 amide bonds. The zero-order valence-corrected chi connectivity index (χ0v) is 21.0. The molecule has 192 valence electrons. The van der Waals surface area contributed by atoms with Gasteiger partial charge in [0.1, 0.15) is 23.6 Å².